The van der Waals surface area contributed by atoms with Gasteiger partial charge in [0.25, 0.3) is 0 Å². The Kier molecular flexibility index (Phi) is 2.64. The molecule has 1 N–H and O–H groups in total. The summed E-state index contributed by atoms with van der Waals surface area (Å²) in [4.78, 5) is 14.5. The fourth-order valence-electron chi connectivity index (χ4n) is 1.20. The topological polar surface area (TPSA) is 55.1 Å². The van der Waals surface area contributed by atoms with Gasteiger partial charge < -0.3 is 5.11 Å². The van der Waals surface area contributed by atoms with Crippen LogP contribution < -0.4 is 0 Å². The zero-order valence-corrected chi connectivity index (χ0v) is 8.52. The van der Waals surface area contributed by atoms with Crippen molar-refractivity contribution in [3.8, 4) is 5.13 Å². The Balaban J connectivity index is 2.34. The van der Waals surface area contributed by atoms with Gasteiger partial charge in [0, 0.05) is 29.5 Å². The SMILES string of the molecule is O=C(O)/C=C\c1cccn1-c1nccs1. The lowest BCUT2D eigenvalue weighted by molar-refractivity contribution is -0.131. The predicted octanol–water partition coefficient (Wildman–Crippen LogP) is 2.03. The molecule has 0 aliphatic heterocycles. The molecule has 15 heavy (non-hydrogen) atoms. The summed E-state index contributed by atoms with van der Waals surface area (Å²) in [5.41, 5.74) is 0.798. The number of carbonyl (C=O) groups is 1. The molecule has 0 aliphatic carbocycles. The van der Waals surface area contributed by atoms with Crippen molar-refractivity contribution in [2.24, 2.45) is 0 Å². The third kappa shape index (κ3) is 2.13. The molecule has 0 fully saturated rings. The number of aliphatic carboxylic acids is 1. The summed E-state index contributed by atoms with van der Waals surface area (Å²) in [5, 5.41) is 11.2. The van der Waals surface area contributed by atoms with Gasteiger partial charge in [0.05, 0.1) is 0 Å². The Morgan fingerprint density at radius 3 is 3.13 bits per heavy atom. The van der Waals surface area contributed by atoms with E-state index in [9.17, 15) is 4.79 Å². The summed E-state index contributed by atoms with van der Waals surface area (Å²) in [6.45, 7) is 0. The fraction of sp³-hybridized carbons (Fsp3) is 0. The summed E-state index contributed by atoms with van der Waals surface area (Å²) in [5.74, 6) is -0.957. The minimum Gasteiger partial charge on any atom is -0.478 e. The molecule has 0 radical (unpaired) electrons. The monoisotopic (exact) mass is 220 g/mol. The van der Waals surface area contributed by atoms with Gasteiger partial charge in [-0.2, -0.15) is 0 Å². The van der Waals surface area contributed by atoms with E-state index >= 15 is 0 Å². The molecule has 0 saturated heterocycles. The Bertz CT molecular complexity index is 485. The standard InChI is InChI=1S/C10H8N2O2S/c13-9(14)4-3-8-2-1-6-12(8)10-11-5-7-15-10/h1-7H,(H,13,14)/b4-3-. The van der Waals surface area contributed by atoms with Crippen molar-refractivity contribution in [2.45, 2.75) is 0 Å². The molecular formula is C10H8N2O2S. The molecule has 4 nitrogen and oxygen atoms in total. The van der Waals surface area contributed by atoms with Gasteiger partial charge in [-0.1, -0.05) is 0 Å². The van der Waals surface area contributed by atoms with Crippen LogP contribution in [-0.4, -0.2) is 20.6 Å². The second-order valence-corrected chi connectivity index (χ2v) is 3.66. The zero-order valence-electron chi connectivity index (χ0n) is 7.70. The number of rotatable bonds is 3. The van der Waals surface area contributed by atoms with E-state index in [0.29, 0.717) is 0 Å². The van der Waals surface area contributed by atoms with E-state index in [2.05, 4.69) is 4.98 Å². The molecule has 0 spiro atoms. The number of nitrogens with zero attached hydrogens (tertiary/aromatic N) is 2. The van der Waals surface area contributed by atoms with E-state index in [-0.39, 0.29) is 0 Å². The van der Waals surface area contributed by atoms with Gasteiger partial charge in [0.2, 0.25) is 0 Å². The first-order valence-corrected chi connectivity index (χ1v) is 5.13. The molecule has 2 aromatic heterocycles. The minimum atomic E-state index is -0.957. The summed E-state index contributed by atoms with van der Waals surface area (Å²) in [7, 11) is 0. The highest BCUT2D eigenvalue weighted by atomic mass is 32.1. The molecule has 2 rings (SSSR count). The molecule has 2 aromatic rings. The molecule has 0 amide bonds. The van der Waals surface area contributed by atoms with Crippen LogP contribution >= 0.6 is 11.3 Å². The van der Waals surface area contributed by atoms with E-state index in [1.54, 1.807) is 12.3 Å². The van der Waals surface area contributed by atoms with Crippen LogP contribution in [0.3, 0.4) is 0 Å². The average Bonchev–Trinajstić information content (AvgIpc) is 2.85. The first-order chi connectivity index (χ1) is 7.27. The molecule has 0 unspecified atom stereocenters. The summed E-state index contributed by atoms with van der Waals surface area (Å²) in [6, 6.07) is 3.68. The predicted molar refractivity (Wildman–Crippen MR) is 58.1 cm³/mol. The molecule has 2 heterocycles. The average molecular weight is 220 g/mol. The van der Waals surface area contributed by atoms with E-state index < -0.39 is 5.97 Å². The normalized spacial score (nSPS) is 10.9. The Labute approximate surface area is 90.1 Å². The highest BCUT2D eigenvalue weighted by Gasteiger charge is 2.02. The quantitative estimate of drug-likeness (QED) is 0.805. The first-order valence-electron chi connectivity index (χ1n) is 4.25. The molecule has 5 heteroatoms. The minimum absolute atomic E-state index is 0.798. The summed E-state index contributed by atoms with van der Waals surface area (Å²) in [6.07, 6.45) is 6.22. The van der Waals surface area contributed by atoms with Crippen LogP contribution in [0.15, 0.2) is 36.0 Å². The van der Waals surface area contributed by atoms with Gasteiger partial charge in [0.15, 0.2) is 5.13 Å². The number of hydrogen-bond donors (Lipinski definition) is 1. The van der Waals surface area contributed by atoms with Gasteiger partial charge in [-0.05, 0) is 18.2 Å². The zero-order chi connectivity index (χ0) is 10.7. The van der Waals surface area contributed by atoms with E-state index in [1.165, 1.54) is 11.3 Å². The lowest BCUT2D eigenvalue weighted by Gasteiger charge is -1.99. The molecule has 0 aromatic carbocycles. The largest absolute Gasteiger partial charge is 0.478 e. The Morgan fingerprint density at radius 2 is 2.47 bits per heavy atom. The van der Waals surface area contributed by atoms with Crippen molar-refractivity contribution < 1.29 is 9.90 Å². The Morgan fingerprint density at radius 1 is 1.60 bits per heavy atom. The number of carboxylic acids is 1. The van der Waals surface area contributed by atoms with Gasteiger partial charge >= 0.3 is 5.97 Å². The van der Waals surface area contributed by atoms with E-state index in [1.807, 2.05) is 28.3 Å². The van der Waals surface area contributed by atoms with Gasteiger partial charge in [-0.15, -0.1) is 11.3 Å². The van der Waals surface area contributed by atoms with Gasteiger partial charge in [-0.25, -0.2) is 9.78 Å². The third-order valence-corrected chi connectivity index (χ3v) is 2.57. The first kappa shape index (κ1) is 9.67. The third-order valence-electron chi connectivity index (χ3n) is 1.80. The lowest BCUT2D eigenvalue weighted by atomic mass is 10.4. The van der Waals surface area contributed by atoms with Gasteiger partial charge in [-0.3, -0.25) is 4.57 Å². The molecule has 0 bridgehead atoms. The number of carboxylic acid groups (broad SMARTS) is 1. The van der Waals surface area contributed by atoms with Crippen LogP contribution in [0, 0.1) is 0 Å². The summed E-state index contributed by atoms with van der Waals surface area (Å²) >= 11 is 1.50. The smallest absolute Gasteiger partial charge is 0.328 e. The highest BCUT2D eigenvalue weighted by molar-refractivity contribution is 7.12. The Hall–Kier alpha value is -1.88. The van der Waals surface area contributed by atoms with Crippen LogP contribution in [0.25, 0.3) is 11.2 Å². The second-order valence-electron chi connectivity index (χ2n) is 2.79. The lowest BCUT2D eigenvalue weighted by Crippen LogP contribution is -1.94. The van der Waals surface area contributed by atoms with Crippen molar-refractivity contribution in [1.29, 1.82) is 0 Å². The maximum absolute atomic E-state index is 10.4. The maximum atomic E-state index is 10.4. The fourth-order valence-corrected chi connectivity index (χ4v) is 1.84. The van der Waals surface area contributed by atoms with Crippen LogP contribution in [0.1, 0.15) is 5.69 Å². The molecular weight excluding hydrogens is 212 g/mol. The van der Waals surface area contributed by atoms with Crippen molar-refractivity contribution in [2.75, 3.05) is 0 Å². The summed E-state index contributed by atoms with van der Waals surface area (Å²) < 4.78 is 1.84. The van der Waals surface area contributed by atoms with Crippen molar-refractivity contribution in [1.82, 2.24) is 9.55 Å². The molecule has 76 valence electrons. The van der Waals surface area contributed by atoms with Crippen molar-refractivity contribution in [3.63, 3.8) is 0 Å². The van der Waals surface area contributed by atoms with E-state index in [0.717, 1.165) is 16.9 Å². The molecule has 0 saturated carbocycles. The second kappa shape index (κ2) is 4.10. The highest BCUT2D eigenvalue weighted by Crippen LogP contribution is 2.15. The van der Waals surface area contributed by atoms with Gasteiger partial charge in [0.1, 0.15) is 0 Å². The number of thiazole rings is 1. The van der Waals surface area contributed by atoms with E-state index in [4.69, 9.17) is 5.11 Å². The molecule has 0 aliphatic rings. The number of aromatic nitrogens is 2. The van der Waals surface area contributed by atoms with Crippen molar-refractivity contribution in [3.05, 3.63) is 41.7 Å². The van der Waals surface area contributed by atoms with Crippen LogP contribution in [0.4, 0.5) is 0 Å². The van der Waals surface area contributed by atoms with Crippen LogP contribution in [0.5, 0.6) is 0 Å². The number of hydrogen-bond acceptors (Lipinski definition) is 3. The molecule has 0 atom stereocenters. The van der Waals surface area contributed by atoms with Crippen LogP contribution in [-0.2, 0) is 4.79 Å². The maximum Gasteiger partial charge on any atom is 0.328 e. The van der Waals surface area contributed by atoms with Crippen LogP contribution in [0.2, 0.25) is 0 Å². The van der Waals surface area contributed by atoms with Crippen molar-refractivity contribution >= 4 is 23.4 Å².